The van der Waals surface area contributed by atoms with Gasteiger partial charge in [0, 0.05) is 31.5 Å². The Bertz CT molecular complexity index is 919. The molecule has 0 aliphatic heterocycles. The molecule has 0 bridgehead atoms. The molecule has 0 N–H and O–H groups in total. The summed E-state index contributed by atoms with van der Waals surface area (Å²) in [6.45, 7) is 0. The molecule has 8 heteroatoms. The van der Waals surface area contributed by atoms with Crippen LogP contribution in [0.15, 0.2) is 58.4 Å². The van der Waals surface area contributed by atoms with Crippen LogP contribution in [-0.2, 0) is 17.1 Å². The Morgan fingerprint density at radius 3 is 2.50 bits per heavy atom. The largest absolute Gasteiger partial charge is 0.336 e. The highest BCUT2D eigenvalue weighted by atomic mass is 35.5. The van der Waals surface area contributed by atoms with Crippen LogP contribution < -0.4 is 0 Å². The zero-order chi connectivity index (χ0) is 17.3. The number of imidazole rings is 1. The van der Waals surface area contributed by atoms with Gasteiger partial charge >= 0.3 is 0 Å². The Balaban J connectivity index is 2.11. The summed E-state index contributed by atoms with van der Waals surface area (Å²) in [7, 11) is -0.214. The number of aromatic nitrogens is 2. The molecule has 0 unspecified atom stereocenters. The molecule has 2 aromatic heterocycles. The first-order chi connectivity index (χ1) is 11.4. The zero-order valence-corrected chi connectivity index (χ0v) is 15.5. The third-order valence-electron chi connectivity index (χ3n) is 3.78. The lowest BCUT2D eigenvalue weighted by molar-refractivity contribution is 0.399. The summed E-state index contributed by atoms with van der Waals surface area (Å²) in [6, 6.07) is 9.92. The first-order valence-electron chi connectivity index (χ1n) is 7.15. The summed E-state index contributed by atoms with van der Waals surface area (Å²) >= 11 is 7.17. The van der Waals surface area contributed by atoms with Crippen molar-refractivity contribution in [2.45, 2.75) is 10.3 Å². The topological polar surface area (TPSA) is 55.2 Å². The number of rotatable bonds is 5. The third kappa shape index (κ3) is 3.12. The van der Waals surface area contributed by atoms with E-state index in [0.717, 1.165) is 5.56 Å². The van der Waals surface area contributed by atoms with E-state index < -0.39 is 16.1 Å². The van der Waals surface area contributed by atoms with Crippen molar-refractivity contribution in [3.05, 3.63) is 70.6 Å². The molecule has 3 aromatic rings. The molecule has 2 heterocycles. The number of hydrogen-bond donors (Lipinski definition) is 0. The lowest BCUT2D eigenvalue weighted by atomic mass is 10.1. The maximum absolute atomic E-state index is 13.0. The lowest BCUT2D eigenvalue weighted by Crippen LogP contribution is -2.33. The zero-order valence-electron chi connectivity index (χ0n) is 13.1. The molecule has 5 nitrogen and oxygen atoms in total. The predicted molar refractivity (Wildman–Crippen MR) is 95.8 cm³/mol. The Kier molecular flexibility index (Phi) is 4.78. The molecular weight excluding hydrogens is 366 g/mol. The minimum atomic E-state index is -3.63. The van der Waals surface area contributed by atoms with E-state index >= 15 is 0 Å². The van der Waals surface area contributed by atoms with Crippen LogP contribution in [0, 0.1) is 0 Å². The van der Waals surface area contributed by atoms with Gasteiger partial charge < -0.3 is 4.57 Å². The van der Waals surface area contributed by atoms with E-state index in [0.29, 0.717) is 15.1 Å². The van der Waals surface area contributed by atoms with Crippen molar-refractivity contribution in [2.24, 2.45) is 7.05 Å². The van der Waals surface area contributed by atoms with Crippen LogP contribution in [0.4, 0.5) is 0 Å². The second kappa shape index (κ2) is 6.68. The molecule has 3 rings (SSSR count). The molecule has 0 aliphatic carbocycles. The minimum absolute atomic E-state index is 0.304. The van der Waals surface area contributed by atoms with Crippen LogP contribution in [0.25, 0.3) is 0 Å². The Hall–Kier alpha value is -1.67. The highest BCUT2D eigenvalue weighted by Gasteiger charge is 2.33. The summed E-state index contributed by atoms with van der Waals surface area (Å²) in [5.41, 5.74) is 0.802. The third-order valence-corrected chi connectivity index (χ3v) is 7.23. The van der Waals surface area contributed by atoms with Gasteiger partial charge in [-0.25, -0.2) is 13.4 Å². The number of aryl methyl sites for hydroxylation is 1. The normalized spacial score (nSPS) is 13.3. The predicted octanol–water partition coefficient (Wildman–Crippen LogP) is 3.55. The molecule has 0 aliphatic rings. The molecule has 0 spiro atoms. The monoisotopic (exact) mass is 381 g/mol. The molecule has 0 saturated carbocycles. The van der Waals surface area contributed by atoms with Crippen molar-refractivity contribution in [2.75, 3.05) is 7.05 Å². The summed E-state index contributed by atoms with van der Waals surface area (Å²) in [4.78, 5) is 4.36. The maximum Gasteiger partial charge on any atom is 0.253 e. The summed E-state index contributed by atoms with van der Waals surface area (Å²) in [5.74, 6) is 0.639. The van der Waals surface area contributed by atoms with E-state index in [1.165, 1.54) is 15.6 Å². The Morgan fingerprint density at radius 2 is 1.96 bits per heavy atom. The number of sulfonamides is 1. The van der Waals surface area contributed by atoms with E-state index in [2.05, 4.69) is 4.98 Å². The van der Waals surface area contributed by atoms with Crippen molar-refractivity contribution in [3.8, 4) is 0 Å². The van der Waals surface area contributed by atoms with Gasteiger partial charge in [-0.2, -0.15) is 4.31 Å². The molecule has 1 atom stereocenters. The number of thiophene rings is 1. The van der Waals surface area contributed by atoms with Gasteiger partial charge in [-0.05, 0) is 29.1 Å². The molecule has 24 heavy (non-hydrogen) atoms. The fourth-order valence-corrected chi connectivity index (χ4v) is 5.11. The summed E-state index contributed by atoms with van der Waals surface area (Å²) in [5, 5.41) is 2.35. The molecule has 126 valence electrons. The summed E-state index contributed by atoms with van der Waals surface area (Å²) < 4.78 is 29.4. The van der Waals surface area contributed by atoms with Gasteiger partial charge in [-0.15, -0.1) is 11.3 Å². The van der Waals surface area contributed by atoms with E-state index in [1.807, 2.05) is 23.7 Å². The van der Waals surface area contributed by atoms with Crippen molar-refractivity contribution >= 4 is 33.0 Å². The van der Waals surface area contributed by atoms with Crippen molar-refractivity contribution in [1.29, 1.82) is 0 Å². The number of hydrogen-bond acceptors (Lipinski definition) is 4. The average Bonchev–Trinajstić information content (AvgIpc) is 3.22. The number of nitrogens with zero attached hydrogens (tertiary/aromatic N) is 3. The SMILES string of the molecule is CN([C@H](c1ccc(Cl)cc1)c1nccn1C)S(=O)(=O)c1cccs1. The quantitative estimate of drug-likeness (QED) is 0.679. The van der Waals surface area contributed by atoms with Gasteiger partial charge in [0.05, 0.1) is 0 Å². The fourth-order valence-electron chi connectivity index (χ4n) is 2.50. The number of halogens is 1. The second-order valence-corrected chi connectivity index (χ2v) is 8.91. The lowest BCUT2D eigenvalue weighted by Gasteiger charge is -2.27. The van der Waals surface area contributed by atoms with E-state index in [-0.39, 0.29) is 0 Å². The van der Waals surface area contributed by atoms with E-state index in [1.54, 1.807) is 49.1 Å². The highest BCUT2D eigenvalue weighted by molar-refractivity contribution is 7.91. The Morgan fingerprint density at radius 1 is 1.25 bits per heavy atom. The Labute approximate surface area is 150 Å². The molecule has 0 fully saturated rings. The van der Waals surface area contributed by atoms with Crippen LogP contribution in [0.1, 0.15) is 17.4 Å². The molecule has 0 amide bonds. The van der Waals surface area contributed by atoms with Gasteiger partial charge in [0.1, 0.15) is 16.1 Å². The van der Waals surface area contributed by atoms with Gasteiger partial charge in [-0.1, -0.05) is 29.8 Å². The molecule has 1 aromatic carbocycles. The van der Waals surface area contributed by atoms with Gasteiger partial charge in [0.15, 0.2) is 0 Å². The molecular formula is C16H16ClN3O2S2. The smallest absolute Gasteiger partial charge is 0.253 e. The number of benzene rings is 1. The second-order valence-electron chi connectivity index (χ2n) is 5.30. The van der Waals surface area contributed by atoms with Gasteiger partial charge in [0.25, 0.3) is 10.0 Å². The van der Waals surface area contributed by atoms with Crippen LogP contribution >= 0.6 is 22.9 Å². The van der Waals surface area contributed by atoms with Crippen LogP contribution in [0.3, 0.4) is 0 Å². The standard InChI is InChI=1S/C16H16ClN3O2S2/c1-19-10-9-18-16(19)15(12-5-7-13(17)8-6-12)20(2)24(21,22)14-4-3-11-23-14/h3-11,15H,1-2H3/t15-/m1/s1. The summed E-state index contributed by atoms with van der Waals surface area (Å²) in [6.07, 6.45) is 3.45. The van der Waals surface area contributed by atoms with Gasteiger partial charge in [-0.3, -0.25) is 0 Å². The van der Waals surface area contributed by atoms with Crippen molar-refractivity contribution in [3.63, 3.8) is 0 Å². The minimum Gasteiger partial charge on any atom is -0.336 e. The van der Waals surface area contributed by atoms with Crippen LogP contribution in [0.5, 0.6) is 0 Å². The van der Waals surface area contributed by atoms with Crippen LogP contribution in [-0.4, -0.2) is 29.3 Å². The maximum atomic E-state index is 13.0. The molecule has 0 radical (unpaired) electrons. The molecule has 0 saturated heterocycles. The highest BCUT2D eigenvalue weighted by Crippen LogP contribution is 2.32. The average molecular weight is 382 g/mol. The van der Waals surface area contributed by atoms with E-state index in [4.69, 9.17) is 11.6 Å². The van der Waals surface area contributed by atoms with Crippen LogP contribution in [0.2, 0.25) is 5.02 Å². The van der Waals surface area contributed by atoms with E-state index in [9.17, 15) is 8.42 Å². The van der Waals surface area contributed by atoms with Crippen molar-refractivity contribution in [1.82, 2.24) is 13.9 Å². The first kappa shape index (κ1) is 17.2. The fraction of sp³-hybridized carbons (Fsp3) is 0.188. The van der Waals surface area contributed by atoms with Crippen molar-refractivity contribution < 1.29 is 8.42 Å². The van der Waals surface area contributed by atoms with Gasteiger partial charge in [0.2, 0.25) is 0 Å². The first-order valence-corrected chi connectivity index (χ1v) is 9.85.